The minimum atomic E-state index is 1.29. The first-order chi connectivity index (χ1) is 7.54. The summed E-state index contributed by atoms with van der Waals surface area (Å²) in [5.74, 6) is 0. The van der Waals surface area contributed by atoms with E-state index < -0.39 is 0 Å². The van der Waals surface area contributed by atoms with Gasteiger partial charge < -0.3 is 0 Å². The van der Waals surface area contributed by atoms with Crippen LogP contribution in [-0.4, -0.2) is 0 Å². The average molecular weight is 658 g/mol. The molecule has 0 N–H and O–H groups in total. The lowest BCUT2D eigenvalue weighted by atomic mass is 10.1. The first-order valence-electron chi connectivity index (χ1n) is 4.47. The zero-order valence-electron chi connectivity index (χ0n) is 7.98. The smallest absolute Gasteiger partial charge is 0.0147 e. The molecular formula is C12H6I4. The number of halogens is 4. The van der Waals surface area contributed by atoms with E-state index in [1.165, 1.54) is 25.4 Å². The van der Waals surface area contributed by atoms with E-state index in [-0.39, 0.29) is 0 Å². The predicted octanol–water partition coefficient (Wildman–Crippen LogP) is 5.77. The van der Waals surface area contributed by atoms with E-state index >= 15 is 0 Å². The van der Waals surface area contributed by atoms with Crippen LogP contribution >= 0.6 is 90.4 Å². The molecule has 0 heterocycles. The number of rotatable bonds is 1. The Morgan fingerprint density at radius 3 is 0.938 bits per heavy atom. The van der Waals surface area contributed by atoms with Crippen molar-refractivity contribution in [3.05, 3.63) is 50.7 Å². The van der Waals surface area contributed by atoms with Gasteiger partial charge in [0.05, 0.1) is 0 Å². The lowest BCUT2D eigenvalue weighted by Crippen LogP contribution is -1.85. The van der Waals surface area contributed by atoms with Gasteiger partial charge in [0.25, 0.3) is 0 Å². The summed E-state index contributed by atoms with van der Waals surface area (Å²) in [7, 11) is 0. The van der Waals surface area contributed by atoms with Gasteiger partial charge in [0, 0.05) is 14.3 Å². The molecule has 0 saturated carbocycles. The van der Waals surface area contributed by atoms with Crippen molar-refractivity contribution >= 4 is 90.4 Å². The van der Waals surface area contributed by atoms with Gasteiger partial charge >= 0.3 is 0 Å². The topological polar surface area (TPSA) is 0 Å². The number of benzene rings is 2. The second-order valence-corrected chi connectivity index (χ2v) is 8.30. The van der Waals surface area contributed by atoms with Crippen LogP contribution in [0.25, 0.3) is 11.1 Å². The maximum atomic E-state index is 2.37. The van der Waals surface area contributed by atoms with E-state index in [9.17, 15) is 0 Å². The Labute approximate surface area is 150 Å². The number of hydrogen-bond donors (Lipinski definition) is 0. The lowest BCUT2D eigenvalue weighted by molar-refractivity contribution is 1.52. The molecule has 16 heavy (non-hydrogen) atoms. The molecule has 0 aromatic heterocycles. The van der Waals surface area contributed by atoms with Crippen LogP contribution in [0.15, 0.2) is 36.4 Å². The van der Waals surface area contributed by atoms with Gasteiger partial charge in [-0.05, 0) is 138 Å². The fourth-order valence-electron chi connectivity index (χ4n) is 1.44. The quantitative estimate of drug-likeness (QED) is 0.342. The molecule has 0 radical (unpaired) electrons. The van der Waals surface area contributed by atoms with E-state index in [0.717, 1.165) is 0 Å². The van der Waals surface area contributed by atoms with Crippen molar-refractivity contribution in [2.75, 3.05) is 0 Å². The van der Waals surface area contributed by atoms with Gasteiger partial charge in [-0.25, -0.2) is 0 Å². The van der Waals surface area contributed by atoms with Crippen molar-refractivity contribution in [2.45, 2.75) is 0 Å². The first-order valence-corrected chi connectivity index (χ1v) is 8.79. The molecule has 2 rings (SSSR count). The van der Waals surface area contributed by atoms with Crippen molar-refractivity contribution in [3.8, 4) is 11.1 Å². The zero-order valence-corrected chi connectivity index (χ0v) is 16.6. The van der Waals surface area contributed by atoms with Crippen molar-refractivity contribution < 1.29 is 0 Å². The molecule has 0 bridgehead atoms. The first kappa shape index (κ1) is 13.8. The molecule has 0 nitrogen and oxygen atoms in total. The molecule has 0 spiro atoms. The normalized spacial score (nSPS) is 10.5. The fraction of sp³-hybridized carbons (Fsp3) is 0. The van der Waals surface area contributed by atoms with E-state index in [4.69, 9.17) is 0 Å². The molecule has 82 valence electrons. The minimum absolute atomic E-state index is 1.29. The summed E-state index contributed by atoms with van der Waals surface area (Å²) >= 11 is 9.47. The van der Waals surface area contributed by atoms with Crippen LogP contribution in [0.1, 0.15) is 0 Å². The summed E-state index contributed by atoms with van der Waals surface area (Å²) in [5.41, 5.74) is 2.60. The van der Waals surface area contributed by atoms with Crippen molar-refractivity contribution in [2.24, 2.45) is 0 Å². The molecule has 0 aliphatic rings. The van der Waals surface area contributed by atoms with Gasteiger partial charge in [-0.1, -0.05) is 0 Å². The third kappa shape index (κ3) is 3.67. The predicted molar refractivity (Wildman–Crippen MR) is 103 cm³/mol. The molecule has 2 aromatic rings. The van der Waals surface area contributed by atoms with Crippen LogP contribution in [-0.2, 0) is 0 Å². The molecule has 0 fully saturated rings. The average Bonchev–Trinajstić information content (AvgIpc) is 2.14. The van der Waals surface area contributed by atoms with Crippen LogP contribution in [0, 0.1) is 14.3 Å². The standard InChI is InChI=1S/C12H6I4/c13-9-1-7(2-10(14)5-9)8-3-11(15)6-12(16)4-8/h1-6H. The summed E-state index contributed by atoms with van der Waals surface area (Å²) in [6, 6.07) is 13.3. The van der Waals surface area contributed by atoms with Crippen LogP contribution in [0.2, 0.25) is 0 Å². The molecule has 0 aliphatic heterocycles. The molecule has 2 aromatic carbocycles. The Morgan fingerprint density at radius 2 is 0.688 bits per heavy atom. The molecule has 0 unspecified atom stereocenters. The lowest BCUT2D eigenvalue weighted by Gasteiger charge is -2.05. The number of hydrogen-bond acceptors (Lipinski definition) is 0. The highest BCUT2D eigenvalue weighted by Crippen LogP contribution is 2.27. The summed E-state index contributed by atoms with van der Waals surface area (Å²) in [5, 5.41) is 0. The molecule has 0 saturated heterocycles. The maximum Gasteiger partial charge on any atom is 0.0147 e. The van der Waals surface area contributed by atoms with Gasteiger partial charge in [0.2, 0.25) is 0 Å². The summed E-state index contributed by atoms with van der Waals surface area (Å²) < 4.78 is 5.14. The molecular weight excluding hydrogens is 652 g/mol. The summed E-state index contributed by atoms with van der Waals surface area (Å²) in [6.07, 6.45) is 0. The zero-order chi connectivity index (χ0) is 11.7. The van der Waals surface area contributed by atoms with E-state index in [2.05, 4.69) is 127 Å². The van der Waals surface area contributed by atoms with Gasteiger partial charge in [-0.2, -0.15) is 0 Å². The summed E-state index contributed by atoms with van der Waals surface area (Å²) in [4.78, 5) is 0. The van der Waals surface area contributed by atoms with E-state index in [0.29, 0.717) is 0 Å². The van der Waals surface area contributed by atoms with E-state index in [1.54, 1.807) is 0 Å². The third-order valence-electron chi connectivity index (χ3n) is 2.06. The second-order valence-electron chi connectivity index (χ2n) is 3.32. The minimum Gasteiger partial charge on any atom is -0.0443 e. The largest absolute Gasteiger partial charge is 0.0443 e. The van der Waals surface area contributed by atoms with Gasteiger partial charge in [-0.3, -0.25) is 0 Å². The Balaban J connectivity index is 2.57. The molecule has 0 atom stereocenters. The third-order valence-corrected chi connectivity index (χ3v) is 4.55. The van der Waals surface area contributed by atoms with Crippen molar-refractivity contribution in [1.82, 2.24) is 0 Å². The van der Waals surface area contributed by atoms with Crippen LogP contribution in [0.5, 0.6) is 0 Å². The second kappa shape index (κ2) is 6.00. The van der Waals surface area contributed by atoms with Crippen LogP contribution in [0.3, 0.4) is 0 Å². The molecule has 4 heteroatoms. The van der Waals surface area contributed by atoms with Crippen LogP contribution in [0.4, 0.5) is 0 Å². The van der Waals surface area contributed by atoms with Crippen molar-refractivity contribution in [1.29, 1.82) is 0 Å². The fourth-order valence-corrected chi connectivity index (χ4v) is 5.32. The highest BCUT2D eigenvalue weighted by molar-refractivity contribution is 14.1. The Kier molecular flexibility index (Phi) is 5.17. The Bertz CT molecular complexity index is 445. The monoisotopic (exact) mass is 658 g/mol. The highest BCUT2D eigenvalue weighted by Gasteiger charge is 2.03. The van der Waals surface area contributed by atoms with Gasteiger partial charge in [-0.15, -0.1) is 0 Å². The maximum absolute atomic E-state index is 2.37. The summed E-state index contributed by atoms with van der Waals surface area (Å²) in [6.45, 7) is 0. The van der Waals surface area contributed by atoms with Gasteiger partial charge in [0.1, 0.15) is 0 Å². The van der Waals surface area contributed by atoms with Crippen LogP contribution < -0.4 is 0 Å². The highest BCUT2D eigenvalue weighted by atomic mass is 127. The van der Waals surface area contributed by atoms with E-state index in [1.807, 2.05) is 0 Å². The van der Waals surface area contributed by atoms with Crippen molar-refractivity contribution in [3.63, 3.8) is 0 Å². The SMILES string of the molecule is Ic1cc(I)cc(-c2cc(I)cc(I)c2)c1. The molecule has 0 aliphatic carbocycles. The molecule has 0 amide bonds. The van der Waals surface area contributed by atoms with Gasteiger partial charge in [0.15, 0.2) is 0 Å². The Morgan fingerprint density at radius 1 is 0.438 bits per heavy atom. The Hall–Kier alpha value is 1.36.